The van der Waals surface area contributed by atoms with E-state index in [1.807, 2.05) is 25.1 Å². The van der Waals surface area contributed by atoms with Crippen LogP contribution in [0.4, 0.5) is 5.69 Å². The van der Waals surface area contributed by atoms with Crippen LogP contribution in [0.3, 0.4) is 0 Å². The van der Waals surface area contributed by atoms with Crippen LogP contribution in [0.25, 0.3) is 0 Å². The summed E-state index contributed by atoms with van der Waals surface area (Å²) in [6.07, 6.45) is 2.64. The lowest BCUT2D eigenvalue weighted by Gasteiger charge is -2.50. The van der Waals surface area contributed by atoms with E-state index in [0.29, 0.717) is 13.2 Å². The summed E-state index contributed by atoms with van der Waals surface area (Å²) in [5.41, 5.74) is 1.83. The lowest BCUT2D eigenvalue weighted by molar-refractivity contribution is -0.146. The molecule has 0 radical (unpaired) electrons. The van der Waals surface area contributed by atoms with Crippen molar-refractivity contribution in [2.45, 2.75) is 44.1 Å². The lowest BCUT2D eigenvalue weighted by Crippen LogP contribution is -2.63. The molecular formula is C24H29NO3. The number of rotatable bonds is 4. The number of anilines is 1. The molecule has 2 aromatic rings. The molecule has 0 saturated carbocycles. The number of hydrogen-bond acceptors (Lipinski definition) is 3. The maximum absolute atomic E-state index is 12.9. The smallest absolute Gasteiger partial charge is 0.330 e. The van der Waals surface area contributed by atoms with Gasteiger partial charge in [-0.15, -0.1) is 0 Å². The van der Waals surface area contributed by atoms with Gasteiger partial charge < -0.3 is 14.7 Å². The zero-order valence-electron chi connectivity index (χ0n) is 16.7. The van der Waals surface area contributed by atoms with Gasteiger partial charge in [0.15, 0.2) is 0 Å². The molecule has 1 N–H and O–H groups in total. The van der Waals surface area contributed by atoms with Gasteiger partial charge in [0.25, 0.3) is 0 Å². The molecule has 0 aromatic heterocycles. The molecule has 2 fully saturated rings. The second-order valence-electron chi connectivity index (χ2n) is 8.34. The maximum atomic E-state index is 12.9. The summed E-state index contributed by atoms with van der Waals surface area (Å²) in [5, 5.41) is 10.6. The molecule has 2 heterocycles. The first kappa shape index (κ1) is 19.0. The molecule has 2 aliphatic rings. The van der Waals surface area contributed by atoms with E-state index < -0.39 is 16.9 Å². The van der Waals surface area contributed by atoms with Gasteiger partial charge in [0.05, 0.1) is 0 Å². The fraction of sp³-hybridized carbons (Fsp3) is 0.458. The largest absolute Gasteiger partial charge is 0.479 e. The number of aliphatic carboxylic acids is 1. The topological polar surface area (TPSA) is 49.8 Å². The third kappa shape index (κ3) is 2.74. The van der Waals surface area contributed by atoms with Gasteiger partial charge in [-0.1, -0.05) is 48.0 Å². The van der Waals surface area contributed by atoms with Crippen molar-refractivity contribution >= 4 is 11.7 Å². The Morgan fingerprint density at radius 2 is 1.71 bits per heavy atom. The summed E-state index contributed by atoms with van der Waals surface area (Å²) >= 11 is 0. The fourth-order valence-corrected chi connectivity index (χ4v) is 5.60. The Hall–Kier alpha value is -2.33. The van der Waals surface area contributed by atoms with Crippen molar-refractivity contribution < 1.29 is 14.6 Å². The maximum Gasteiger partial charge on any atom is 0.330 e. The van der Waals surface area contributed by atoms with Gasteiger partial charge in [0.2, 0.25) is 0 Å². The van der Waals surface area contributed by atoms with Gasteiger partial charge in [0, 0.05) is 30.9 Å². The van der Waals surface area contributed by atoms with Crippen LogP contribution >= 0.6 is 0 Å². The van der Waals surface area contributed by atoms with Crippen molar-refractivity contribution in [3.63, 3.8) is 0 Å². The second kappa shape index (κ2) is 7.25. The van der Waals surface area contributed by atoms with Crippen molar-refractivity contribution in [2.24, 2.45) is 5.92 Å². The van der Waals surface area contributed by atoms with Crippen molar-refractivity contribution in [1.82, 2.24) is 0 Å². The molecule has 2 aliphatic heterocycles. The summed E-state index contributed by atoms with van der Waals surface area (Å²) in [7, 11) is 0. The van der Waals surface area contributed by atoms with E-state index in [9.17, 15) is 9.90 Å². The van der Waals surface area contributed by atoms with Crippen molar-refractivity contribution in [2.75, 3.05) is 24.7 Å². The quantitative estimate of drug-likeness (QED) is 0.855. The lowest BCUT2D eigenvalue weighted by atomic mass is 9.57. The molecular weight excluding hydrogens is 350 g/mol. The first-order valence-corrected chi connectivity index (χ1v) is 10.2. The zero-order chi connectivity index (χ0) is 19.8. The summed E-state index contributed by atoms with van der Waals surface area (Å²) < 4.78 is 5.63. The first-order valence-electron chi connectivity index (χ1n) is 10.2. The van der Waals surface area contributed by atoms with Crippen LogP contribution in [0, 0.1) is 12.8 Å². The van der Waals surface area contributed by atoms with E-state index in [1.165, 1.54) is 5.56 Å². The zero-order valence-corrected chi connectivity index (χ0v) is 16.7. The highest BCUT2D eigenvalue weighted by atomic mass is 16.5. The SMILES string of the molecule is Cc1ccc(N2CCC(c3ccccc3)(C3CCOCC3)[C@@]2(C)C(=O)O)cc1. The van der Waals surface area contributed by atoms with Crippen LogP contribution in [0.1, 0.15) is 37.3 Å². The van der Waals surface area contributed by atoms with Crippen LogP contribution < -0.4 is 4.90 Å². The number of carboxylic acid groups (broad SMARTS) is 1. The van der Waals surface area contributed by atoms with Crippen molar-refractivity contribution in [1.29, 1.82) is 0 Å². The average Bonchev–Trinajstić information content (AvgIpc) is 3.05. The number of nitrogens with zero attached hydrogens (tertiary/aromatic N) is 1. The second-order valence-corrected chi connectivity index (χ2v) is 8.34. The minimum absolute atomic E-state index is 0.278. The fourth-order valence-electron chi connectivity index (χ4n) is 5.60. The number of aryl methyl sites for hydroxylation is 1. The van der Waals surface area contributed by atoms with Gasteiger partial charge in [-0.2, -0.15) is 0 Å². The Morgan fingerprint density at radius 1 is 1.07 bits per heavy atom. The number of benzene rings is 2. The molecule has 1 unspecified atom stereocenters. The van der Waals surface area contributed by atoms with E-state index >= 15 is 0 Å². The Labute approximate surface area is 167 Å². The molecule has 0 amide bonds. The number of ether oxygens (including phenoxy) is 1. The highest BCUT2D eigenvalue weighted by molar-refractivity contribution is 5.87. The third-order valence-corrected chi connectivity index (χ3v) is 7.11. The highest BCUT2D eigenvalue weighted by Crippen LogP contribution is 2.56. The van der Waals surface area contributed by atoms with Crippen LogP contribution in [-0.4, -0.2) is 36.4 Å². The summed E-state index contributed by atoms with van der Waals surface area (Å²) in [4.78, 5) is 15.1. The predicted octanol–water partition coefficient (Wildman–Crippen LogP) is 4.41. The predicted molar refractivity (Wildman–Crippen MR) is 111 cm³/mol. The molecule has 4 heteroatoms. The van der Waals surface area contributed by atoms with Gasteiger partial charge in [0.1, 0.15) is 5.54 Å². The Kier molecular flexibility index (Phi) is 4.92. The summed E-state index contributed by atoms with van der Waals surface area (Å²) in [5.74, 6) is -0.471. The van der Waals surface area contributed by atoms with Gasteiger partial charge in [-0.3, -0.25) is 0 Å². The highest BCUT2D eigenvalue weighted by Gasteiger charge is 2.64. The monoisotopic (exact) mass is 379 g/mol. The summed E-state index contributed by atoms with van der Waals surface area (Å²) in [6.45, 7) is 6.14. The minimum Gasteiger partial charge on any atom is -0.479 e. The average molecular weight is 380 g/mol. The van der Waals surface area contributed by atoms with Crippen LogP contribution in [0.2, 0.25) is 0 Å². The summed E-state index contributed by atoms with van der Waals surface area (Å²) in [6, 6.07) is 18.6. The molecule has 0 aliphatic carbocycles. The molecule has 4 nitrogen and oxygen atoms in total. The molecule has 2 atom stereocenters. The van der Waals surface area contributed by atoms with Crippen molar-refractivity contribution in [3.8, 4) is 0 Å². The van der Waals surface area contributed by atoms with Crippen LogP contribution in [0.15, 0.2) is 54.6 Å². The molecule has 4 rings (SSSR count). The van der Waals surface area contributed by atoms with Crippen molar-refractivity contribution in [3.05, 3.63) is 65.7 Å². The van der Waals surface area contributed by atoms with Crippen LogP contribution in [-0.2, 0) is 14.9 Å². The molecule has 28 heavy (non-hydrogen) atoms. The number of carboxylic acids is 1. The van der Waals surface area contributed by atoms with Gasteiger partial charge in [-0.25, -0.2) is 4.79 Å². The third-order valence-electron chi connectivity index (χ3n) is 7.11. The van der Waals surface area contributed by atoms with E-state index in [1.54, 1.807) is 0 Å². The Balaban J connectivity index is 1.89. The van der Waals surface area contributed by atoms with E-state index in [-0.39, 0.29) is 5.92 Å². The number of carbonyl (C=O) groups is 1. The van der Waals surface area contributed by atoms with Gasteiger partial charge >= 0.3 is 5.97 Å². The molecule has 2 aromatic carbocycles. The Bertz CT molecular complexity index is 829. The van der Waals surface area contributed by atoms with Gasteiger partial charge in [-0.05, 0) is 56.7 Å². The molecule has 2 saturated heterocycles. The molecule has 0 spiro atoms. The minimum atomic E-state index is -1.02. The van der Waals surface area contributed by atoms with E-state index in [0.717, 1.165) is 37.1 Å². The van der Waals surface area contributed by atoms with Crippen LogP contribution in [0.5, 0.6) is 0 Å². The Morgan fingerprint density at radius 3 is 2.32 bits per heavy atom. The van der Waals surface area contributed by atoms with E-state index in [2.05, 4.69) is 48.2 Å². The standard InChI is InChI=1S/C24H29NO3/c1-18-8-10-21(11-9-18)25-15-14-24(23(25,2)22(26)27,19-6-4-3-5-7-19)20-12-16-28-17-13-20/h3-11,20H,12-17H2,1-2H3,(H,26,27)/t23-,24?/m1/s1. The first-order chi connectivity index (χ1) is 13.5. The van der Waals surface area contributed by atoms with E-state index in [4.69, 9.17) is 4.74 Å². The molecule has 148 valence electrons. The molecule has 0 bridgehead atoms. The number of hydrogen-bond donors (Lipinski definition) is 1. The normalized spacial score (nSPS) is 28.4.